The van der Waals surface area contributed by atoms with Crippen LogP contribution in [0.5, 0.6) is 0 Å². The minimum atomic E-state index is -0.607. The number of hydrogen-bond acceptors (Lipinski definition) is 5. The number of hydrogen-bond donors (Lipinski definition) is 0. The van der Waals surface area contributed by atoms with Crippen molar-refractivity contribution in [3.8, 4) is 0 Å². The molecule has 6 nitrogen and oxygen atoms in total. The van der Waals surface area contributed by atoms with Crippen molar-refractivity contribution < 1.29 is 23.9 Å². The van der Waals surface area contributed by atoms with E-state index >= 15 is 0 Å². The van der Waals surface area contributed by atoms with Crippen LogP contribution in [0.4, 0.5) is 4.79 Å². The molecular weight excluding hydrogens is 286 g/mol. The molecule has 0 aromatic rings. The van der Waals surface area contributed by atoms with Gasteiger partial charge in [-0.15, -0.1) is 0 Å². The topological polar surface area (TPSA) is 72.9 Å². The van der Waals surface area contributed by atoms with Crippen molar-refractivity contribution in [1.29, 1.82) is 0 Å². The third kappa shape index (κ3) is 6.11. The van der Waals surface area contributed by atoms with Crippen LogP contribution in [-0.2, 0) is 19.1 Å². The first-order chi connectivity index (χ1) is 10.2. The predicted octanol–water partition coefficient (Wildman–Crippen LogP) is 2.24. The van der Waals surface area contributed by atoms with Crippen LogP contribution in [0.3, 0.4) is 0 Å². The van der Waals surface area contributed by atoms with Crippen LogP contribution >= 0.6 is 0 Å². The summed E-state index contributed by atoms with van der Waals surface area (Å²) in [4.78, 5) is 36.8. The fourth-order valence-corrected chi connectivity index (χ4v) is 1.93. The Hall–Kier alpha value is -2.11. The number of carbonyl (C=O) groups is 3. The number of rotatable bonds is 5. The molecule has 22 heavy (non-hydrogen) atoms. The van der Waals surface area contributed by atoms with Crippen molar-refractivity contribution >= 4 is 17.8 Å². The van der Waals surface area contributed by atoms with Crippen LogP contribution in [0.25, 0.3) is 0 Å². The molecule has 0 saturated carbocycles. The number of esters is 1. The van der Waals surface area contributed by atoms with E-state index in [1.165, 1.54) is 11.0 Å². The molecule has 0 aliphatic carbocycles. The van der Waals surface area contributed by atoms with Crippen molar-refractivity contribution in [2.24, 2.45) is 0 Å². The molecule has 1 rings (SSSR count). The summed E-state index contributed by atoms with van der Waals surface area (Å²) in [5, 5.41) is 0. The van der Waals surface area contributed by atoms with Crippen LogP contribution in [0.2, 0.25) is 0 Å². The summed E-state index contributed by atoms with van der Waals surface area (Å²) in [6.45, 7) is 9.57. The molecule has 0 unspecified atom stereocenters. The fraction of sp³-hybridized carbons (Fsp3) is 0.562. The van der Waals surface area contributed by atoms with Crippen LogP contribution in [0.15, 0.2) is 24.3 Å². The Morgan fingerprint density at radius 2 is 2.05 bits per heavy atom. The van der Waals surface area contributed by atoms with Crippen molar-refractivity contribution in [2.45, 2.75) is 39.2 Å². The Kier molecular flexibility index (Phi) is 6.34. The first-order valence-corrected chi connectivity index (χ1v) is 7.19. The molecule has 1 amide bonds. The van der Waals surface area contributed by atoms with E-state index in [0.717, 1.165) is 0 Å². The smallest absolute Gasteiger partial charge is 0.410 e. The van der Waals surface area contributed by atoms with Gasteiger partial charge in [-0.1, -0.05) is 18.7 Å². The molecule has 0 N–H and O–H groups in total. The van der Waals surface area contributed by atoms with Crippen LogP contribution in [0, 0.1) is 0 Å². The van der Waals surface area contributed by atoms with Gasteiger partial charge >= 0.3 is 12.1 Å². The van der Waals surface area contributed by atoms with E-state index in [1.807, 2.05) is 0 Å². The lowest BCUT2D eigenvalue weighted by molar-refractivity contribution is -0.155. The Labute approximate surface area is 130 Å². The van der Waals surface area contributed by atoms with Gasteiger partial charge in [0.15, 0.2) is 5.78 Å². The Balaban J connectivity index is 2.49. The van der Waals surface area contributed by atoms with Gasteiger partial charge in [-0.05, 0) is 32.8 Å². The maximum Gasteiger partial charge on any atom is 0.410 e. The summed E-state index contributed by atoms with van der Waals surface area (Å²) in [5.74, 6) is -0.792. The number of carbonyl (C=O) groups excluding carboxylic acids is 3. The minimum Gasteiger partial charge on any atom is -0.460 e. The molecule has 6 heteroatoms. The van der Waals surface area contributed by atoms with E-state index in [1.54, 1.807) is 26.8 Å². The molecule has 1 heterocycles. The minimum absolute atomic E-state index is 0.156. The second-order valence-corrected chi connectivity index (χ2v) is 5.98. The Morgan fingerprint density at radius 1 is 1.36 bits per heavy atom. The number of Topliss-reactive ketones (excluding diaryl/α,β-unsaturated/α-hetero) is 1. The summed E-state index contributed by atoms with van der Waals surface area (Å²) in [6.07, 6.45) is 2.85. The van der Waals surface area contributed by atoms with Gasteiger partial charge in [-0.2, -0.15) is 0 Å². The number of ether oxygens (including phenoxy) is 2. The highest BCUT2D eigenvalue weighted by molar-refractivity contribution is 6.05. The lowest BCUT2D eigenvalue weighted by Crippen LogP contribution is -2.36. The van der Waals surface area contributed by atoms with Gasteiger partial charge < -0.3 is 14.4 Å². The molecule has 0 radical (unpaired) electrons. The van der Waals surface area contributed by atoms with E-state index in [4.69, 9.17) is 9.47 Å². The van der Waals surface area contributed by atoms with Crippen molar-refractivity contribution in [3.05, 3.63) is 24.3 Å². The summed E-state index contributed by atoms with van der Waals surface area (Å²) in [6, 6.07) is 0. The number of nitrogens with zero attached hydrogens (tertiary/aromatic N) is 1. The van der Waals surface area contributed by atoms with Crippen LogP contribution < -0.4 is 0 Å². The van der Waals surface area contributed by atoms with Gasteiger partial charge in [0.25, 0.3) is 0 Å². The third-order valence-corrected chi connectivity index (χ3v) is 2.88. The van der Waals surface area contributed by atoms with E-state index in [2.05, 4.69) is 6.58 Å². The standard InChI is InChI=1S/C16H23NO5/c1-5-10-21-15(20)17-8-6-12(7-9-17)13(18)11-14(19)22-16(2,3)4/h5-6H,1,7-11H2,2-4H3. The summed E-state index contributed by atoms with van der Waals surface area (Å²) >= 11 is 0. The predicted molar refractivity (Wildman–Crippen MR) is 81.3 cm³/mol. The highest BCUT2D eigenvalue weighted by Crippen LogP contribution is 2.16. The lowest BCUT2D eigenvalue weighted by Gasteiger charge is -2.25. The maximum absolute atomic E-state index is 12.0. The molecule has 0 fully saturated rings. The van der Waals surface area contributed by atoms with Crippen molar-refractivity contribution in [3.63, 3.8) is 0 Å². The van der Waals surface area contributed by atoms with E-state index in [0.29, 0.717) is 25.1 Å². The summed E-state index contributed by atoms with van der Waals surface area (Å²) in [7, 11) is 0. The molecule has 0 atom stereocenters. The van der Waals surface area contributed by atoms with Gasteiger partial charge in [0.1, 0.15) is 18.6 Å². The van der Waals surface area contributed by atoms with Gasteiger partial charge in [-0.25, -0.2) is 4.79 Å². The second kappa shape index (κ2) is 7.77. The van der Waals surface area contributed by atoms with E-state index < -0.39 is 17.7 Å². The van der Waals surface area contributed by atoms with Gasteiger partial charge in [-0.3, -0.25) is 9.59 Å². The van der Waals surface area contributed by atoms with Gasteiger partial charge in [0, 0.05) is 13.1 Å². The molecule has 0 bridgehead atoms. The SMILES string of the molecule is C=CCOC(=O)N1CC=C(C(=O)CC(=O)OC(C)(C)C)CC1. The fourth-order valence-electron chi connectivity index (χ4n) is 1.93. The monoisotopic (exact) mass is 309 g/mol. The molecule has 1 aliphatic heterocycles. The maximum atomic E-state index is 12.0. The van der Waals surface area contributed by atoms with Crippen molar-refractivity contribution in [2.75, 3.05) is 19.7 Å². The zero-order chi connectivity index (χ0) is 16.8. The third-order valence-electron chi connectivity index (χ3n) is 2.88. The summed E-state index contributed by atoms with van der Waals surface area (Å²) < 4.78 is 10.0. The normalized spacial score (nSPS) is 14.9. The largest absolute Gasteiger partial charge is 0.460 e. The molecular formula is C16H23NO5. The zero-order valence-electron chi connectivity index (χ0n) is 13.4. The van der Waals surface area contributed by atoms with Crippen LogP contribution in [0.1, 0.15) is 33.6 Å². The Morgan fingerprint density at radius 3 is 2.55 bits per heavy atom. The highest BCUT2D eigenvalue weighted by Gasteiger charge is 2.24. The average molecular weight is 309 g/mol. The molecule has 1 aliphatic rings. The molecule has 0 saturated heterocycles. The molecule has 0 aromatic carbocycles. The number of amides is 1. The van der Waals surface area contributed by atoms with E-state index in [9.17, 15) is 14.4 Å². The first-order valence-electron chi connectivity index (χ1n) is 7.19. The van der Waals surface area contributed by atoms with Crippen molar-refractivity contribution in [1.82, 2.24) is 4.90 Å². The van der Waals surface area contributed by atoms with Crippen LogP contribution in [-0.4, -0.2) is 48.0 Å². The second-order valence-electron chi connectivity index (χ2n) is 5.98. The molecule has 122 valence electrons. The first kappa shape index (κ1) is 17.9. The van der Waals surface area contributed by atoms with E-state index in [-0.39, 0.29) is 18.8 Å². The number of ketones is 1. The zero-order valence-corrected chi connectivity index (χ0v) is 13.4. The molecule has 0 spiro atoms. The van der Waals surface area contributed by atoms with Gasteiger partial charge in [0.05, 0.1) is 0 Å². The lowest BCUT2D eigenvalue weighted by atomic mass is 10.0. The quantitative estimate of drug-likeness (QED) is 0.442. The average Bonchev–Trinajstić information content (AvgIpc) is 2.42. The summed E-state index contributed by atoms with van der Waals surface area (Å²) in [5.41, 5.74) is -0.0528. The molecule has 0 aromatic heterocycles. The van der Waals surface area contributed by atoms with Gasteiger partial charge in [0.2, 0.25) is 0 Å². The highest BCUT2D eigenvalue weighted by atomic mass is 16.6. The Bertz CT molecular complexity index is 487.